The Balaban J connectivity index is 4.48. The number of hydrogen-bond acceptors (Lipinski definition) is 2. The number of carbonyl (C=O) groups excluding carboxylic acids is 1. The van der Waals surface area contributed by atoms with Gasteiger partial charge in [0.25, 0.3) is 0 Å². The molecule has 0 radical (unpaired) electrons. The van der Waals surface area contributed by atoms with Crippen molar-refractivity contribution in [2.24, 2.45) is 4.99 Å². The Morgan fingerprint density at radius 1 is 1.06 bits per heavy atom. The lowest BCUT2D eigenvalue weighted by Gasteiger charge is -2.14. The van der Waals surface area contributed by atoms with Crippen molar-refractivity contribution in [2.75, 3.05) is 6.54 Å². The standard InChI is InChI=1S/C6H7F6N3O/c1-2-13-3(5(7,8)9)14-15-4(16)6(10,11)12/h2H2,1H3,(H,13,14)(H,15,16). The molecule has 10 heteroatoms. The summed E-state index contributed by atoms with van der Waals surface area (Å²) in [4.78, 5) is 13.0. The molecule has 2 N–H and O–H groups in total. The Morgan fingerprint density at radius 3 is 1.88 bits per heavy atom. The Kier molecular flexibility index (Phi) is 4.57. The summed E-state index contributed by atoms with van der Waals surface area (Å²) in [5, 5.41) is 0. The lowest BCUT2D eigenvalue weighted by atomic mass is 10.5. The molecule has 0 heterocycles. The monoisotopic (exact) mass is 251 g/mol. The molecule has 16 heavy (non-hydrogen) atoms. The normalized spacial score (nSPS) is 13.6. The van der Waals surface area contributed by atoms with Gasteiger partial charge in [-0.3, -0.25) is 20.6 Å². The van der Waals surface area contributed by atoms with Gasteiger partial charge in [0, 0.05) is 6.54 Å². The topological polar surface area (TPSA) is 53.5 Å². The highest BCUT2D eigenvalue weighted by Gasteiger charge is 2.41. The van der Waals surface area contributed by atoms with Crippen LogP contribution in [0.2, 0.25) is 0 Å². The third-order valence-corrected chi connectivity index (χ3v) is 1.14. The number of rotatable bonds is 1. The summed E-state index contributed by atoms with van der Waals surface area (Å²) >= 11 is 0. The van der Waals surface area contributed by atoms with E-state index in [1.54, 1.807) is 0 Å². The molecule has 0 saturated heterocycles. The second-order valence-corrected chi connectivity index (χ2v) is 2.40. The van der Waals surface area contributed by atoms with Crippen LogP contribution in [-0.4, -0.2) is 30.6 Å². The SMILES string of the molecule is CCN=C(NNC(=O)C(F)(F)F)C(F)(F)F. The van der Waals surface area contributed by atoms with Gasteiger partial charge in [-0.1, -0.05) is 0 Å². The van der Waals surface area contributed by atoms with Crippen LogP contribution in [0.3, 0.4) is 0 Å². The zero-order valence-electron chi connectivity index (χ0n) is 7.83. The minimum Gasteiger partial charge on any atom is -0.278 e. The fourth-order valence-electron chi connectivity index (χ4n) is 0.545. The molecular weight excluding hydrogens is 244 g/mol. The van der Waals surface area contributed by atoms with E-state index in [1.807, 2.05) is 0 Å². The second kappa shape index (κ2) is 5.03. The molecule has 0 saturated carbocycles. The predicted octanol–water partition coefficient (Wildman–Crippen LogP) is 1.15. The molecule has 0 atom stereocenters. The molecule has 0 aliphatic heterocycles. The van der Waals surface area contributed by atoms with Gasteiger partial charge < -0.3 is 0 Å². The molecule has 0 rings (SSSR count). The van der Waals surface area contributed by atoms with Crippen LogP contribution in [0.5, 0.6) is 0 Å². The van der Waals surface area contributed by atoms with Crippen LogP contribution >= 0.6 is 0 Å². The quantitative estimate of drug-likeness (QED) is 0.318. The minimum absolute atomic E-state index is 0.302. The summed E-state index contributed by atoms with van der Waals surface area (Å²) in [5.74, 6) is -4.24. The molecule has 94 valence electrons. The molecule has 0 aliphatic rings. The van der Waals surface area contributed by atoms with Crippen molar-refractivity contribution in [1.82, 2.24) is 10.9 Å². The smallest absolute Gasteiger partial charge is 0.278 e. The number of nitrogens with one attached hydrogen (secondary N) is 2. The lowest BCUT2D eigenvalue weighted by Crippen LogP contribution is -2.51. The number of amidine groups is 1. The van der Waals surface area contributed by atoms with E-state index < -0.39 is 24.1 Å². The van der Waals surface area contributed by atoms with Gasteiger partial charge in [0.2, 0.25) is 5.84 Å². The van der Waals surface area contributed by atoms with E-state index in [1.165, 1.54) is 6.92 Å². The Hall–Kier alpha value is -1.48. The van der Waals surface area contributed by atoms with Crippen molar-refractivity contribution in [2.45, 2.75) is 19.3 Å². The van der Waals surface area contributed by atoms with Gasteiger partial charge in [0.1, 0.15) is 0 Å². The van der Waals surface area contributed by atoms with Gasteiger partial charge in [0.05, 0.1) is 0 Å². The van der Waals surface area contributed by atoms with Gasteiger partial charge in [-0.2, -0.15) is 26.3 Å². The maximum Gasteiger partial charge on any atom is 0.472 e. The Morgan fingerprint density at radius 2 is 1.56 bits per heavy atom. The van der Waals surface area contributed by atoms with Crippen LogP contribution in [0, 0.1) is 0 Å². The average Bonchev–Trinajstić information content (AvgIpc) is 2.07. The highest BCUT2D eigenvalue weighted by Crippen LogP contribution is 2.16. The van der Waals surface area contributed by atoms with Crippen molar-refractivity contribution >= 4 is 11.7 Å². The first-order valence-electron chi connectivity index (χ1n) is 3.83. The third-order valence-electron chi connectivity index (χ3n) is 1.14. The number of hydrogen-bond donors (Lipinski definition) is 2. The molecule has 0 aromatic heterocycles. The van der Waals surface area contributed by atoms with Crippen LogP contribution in [0.25, 0.3) is 0 Å². The maximum atomic E-state index is 12.0. The van der Waals surface area contributed by atoms with E-state index in [0.717, 1.165) is 10.9 Å². The zero-order chi connectivity index (χ0) is 13.0. The number of hydrazine groups is 1. The summed E-state index contributed by atoms with van der Waals surface area (Å²) in [6, 6.07) is 0. The van der Waals surface area contributed by atoms with E-state index >= 15 is 0 Å². The number of nitrogens with zero attached hydrogens (tertiary/aromatic N) is 1. The summed E-state index contributed by atoms with van der Waals surface area (Å²) in [5.41, 5.74) is 1.92. The molecule has 0 aromatic rings. The molecule has 4 nitrogen and oxygen atoms in total. The Bertz CT molecular complexity index is 281. The van der Waals surface area contributed by atoms with Crippen molar-refractivity contribution in [1.29, 1.82) is 0 Å². The second-order valence-electron chi connectivity index (χ2n) is 2.40. The fraction of sp³-hybridized carbons (Fsp3) is 0.667. The summed E-state index contributed by atoms with van der Waals surface area (Å²) < 4.78 is 70.9. The van der Waals surface area contributed by atoms with E-state index in [4.69, 9.17) is 0 Å². The molecule has 0 bridgehead atoms. The van der Waals surface area contributed by atoms with Crippen LogP contribution in [0.4, 0.5) is 26.3 Å². The van der Waals surface area contributed by atoms with Gasteiger partial charge in [-0.15, -0.1) is 0 Å². The summed E-state index contributed by atoms with van der Waals surface area (Å²) in [7, 11) is 0. The van der Waals surface area contributed by atoms with E-state index in [9.17, 15) is 31.1 Å². The van der Waals surface area contributed by atoms with Gasteiger partial charge in [0.15, 0.2) is 0 Å². The van der Waals surface area contributed by atoms with Crippen LogP contribution in [-0.2, 0) is 4.79 Å². The van der Waals surface area contributed by atoms with E-state index in [2.05, 4.69) is 4.99 Å². The summed E-state index contributed by atoms with van der Waals surface area (Å²) in [6.45, 7) is 0.947. The van der Waals surface area contributed by atoms with Gasteiger partial charge in [-0.25, -0.2) is 0 Å². The molecule has 0 spiro atoms. The molecule has 0 unspecified atom stereocenters. The van der Waals surface area contributed by atoms with Crippen molar-refractivity contribution in [3.05, 3.63) is 0 Å². The van der Waals surface area contributed by atoms with Crippen LogP contribution in [0.15, 0.2) is 4.99 Å². The largest absolute Gasteiger partial charge is 0.472 e. The first-order valence-corrected chi connectivity index (χ1v) is 3.83. The van der Waals surface area contributed by atoms with Crippen molar-refractivity contribution < 1.29 is 31.1 Å². The van der Waals surface area contributed by atoms with Crippen LogP contribution in [0.1, 0.15) is 6.92 Å². The van der Waals surface area contributed by atoms with Gasteiger partial charge >= 0.3 is 18.3 Å². The van der Waals surface area contributed by atoms with E-state index in [-0.39, 0.29) is 6.54 Å². The van der Waals surface area contributed by atoms with Crippen molar-refractivity contribution in [3.63, 3.8) is 0 Å². The Labute approximate surface area is 85.7 Å². The molecule has 0 aromatic carbocycles. The molecule has 0 fully saturated rings. The maximum absolute atomic E-state index is 12.0. The predicted molar refractivity (Wildman–Crippen MR) is 41.4 cm³/mol. The first-order chi connectivity index (χ1) is 7.09. The average molecular weight is 251 g/mol. The molecule has 1 amide bonds. The molecule has 0 aliphatic carbocycles. The van der Waals surface area contributed by atoms with Crippen LogP contribution < -0.4 is 10.9 Å². The summed E-state index contributed by atoms with van der Waals surface area (Å²) in [6.07, 6.45) is -10.2. The van der Waals surface area contributed by atoms with E-state index in [0.29, 0.717) is 0 Å². The number of halogens is 6. The number of carbonyl (C=O) groups is 1. The first kappa shape index (κ1) is 14.5. The fourth-order valence-corrected chi connectivity index (χ4v) is 0.545. The number of alkyl halides is 6. The zero-order valence-corrected chi connectivity index (χ0v) is 7.83. The lowest BCUT2D eigenvalue weighted by molar-refractivity contribution is -0.174. The highest BCUT2D eigenvalue weighted by molar-refractivity contribution is 5.90. The van der Waals surface area contributed by atoms with Gasteiger partial charge in [-0.05, 0) is 6.92 Å². The minimum atomic E-state index is -5.27. The number of aliphatic imine (C=N–C) groups is 1. The molecular formula is C6H7F6N3O. The highest BCUT2D eigenvalue weighted by atomic mass is 19.4. The van der Waals surface area contributed by atoms with Crippen molar-refractivity contribution in [3.8, 4) is 0 Å². The third kappa shape index (κ3) is 4.84. The number of amides is 1.